The van der Waals surface area contributed by atoms with Gasteiger partial charge in [0.15, 0.2) is 6.17 Å². The van der Waals surface area contributed by atoms with E-state index in [2.05, 4.69) is 0 Å². The van der Waals surface area contributed by atoms with E-state index >= 15 is 0 Å². The van der Waals surface area contributed by atoms with Crippen molar-refractivity contribution in [2.75, 3.05) is 6.61 Å². The van der Waals surface area contributed by atoms with Gasteiger partial charge in [0, 0.05) is 5.82 Å². The van der Waals surface area contributed by atoms with E-state index < -0.39 is 26.0 Å². The summed E-state index contributed by atoms with van der Waals surface area (Å²) in [7, 11) is -4.24. The largest absolute Gasteiger partial charge is 0.369 e. The third kappa shape index (κ3) is 4.31. The van der Waals surface area contributed by atoms with Crippen LogP contribution in [0.15, 0.2) is 11.9 Å². The molecule has 0 saturated carbocycles. The Kier molecular flexibility index (Phi) is 4.64. The Balaban J connectivity index is 2.65. The molecule has 0 bridgehead atoms. The van der Waals surface area contributed by atoms with E-state index in [-0.39, 0.29) is 12.7 Å². The summed E-state index contributed by atoms with van der Waals surface area (Å²) in [5, 5.41) is 0. The monoisotopic (exact) mass is 254 g/mol. The first kappa shape index (κ1) is 13.8. The summed E-state index contributed by atoms with van der Waals surface area (Å²) in [6.45, 7) is 3.40. The molecule has 1 heterocycles. The second-order valence-electron chi connectivity index (χ2n) is 3.89. The molecule has 0 unspecified atom stereocenters. The third-order valence-electron chi connectivity index (χ3n) is 2.03. The number of hydrogen-bond donors (Lipinski definition) is 2. The lowest BCUT2D eigenvalue weighted by Crippen LogP contribution is -2.32. The molecule has 0 aliphatic carbocycles. The van der Waals surface area contributed by atoms with Gasteiger partial charge in [-0.3, -0.25) is 4.57 Å². The first-order valence-electron chi connectivity index (χ1n) is 4.95. The van der Waals surface area contributed by atoms with Gasteiger partial charge in [-0.05, 0) is 19.9 Å². The number of halogens is 1. The van der Waals surface area contributed by atoms with E-state index in [1.54, 1.807) is 13.8 Å². The Bertz CT molecular complexity index is 300. The molecule has 94 valence electrons. The second kappa shape index (κ2) is 5.38. The van der Waals surface area contributed by atoms with E-state index in [0.29, 0.717) is 5.82 Å². The molecule has 0 aromatic heterocycles. The molecule has 0 amide bonds. The molecule has 0 radical (unpaired) electrons. The predicted molar refractivity (Wildman–Crippen MR) is 55.8 cm³/mol. The smallest absolute Gasteiger partial charge is 0.348 e. The molecule has 1 aliphatic rings. The van der Waals surface area contributed by atoms with Gasteiger partial charge in [-0.2, -0.15) is 0 Å². The zero-order chi connectivity index (χ0) is 12.3. The summed E-state index contributed by atoms with van der Waals surface area (Å²) in [5.74, 6) is 0.715. The van der Waals surface area contributed by atoms with Crippen LogP contribution >= 0.6 is 7.60 Å². The topological polar surface area (TPSA) is 76.0 Å². The highest BCUT2D eigenvalue weighted by atomic mass is 31.2. The molecule has 0 aromatic carbocycles. The summed E-state index contributed by atoms with van der Waals surface area (Å²) in [6.07, 6.45) is -1.83. The fourth-order valence-electron chi connectivity index (χ4n) is 1.44. The Hall–Kier alpha value is -0.260. The minimum Gasteiger partial charge on any atom is -0.369 e. The van der Waals surface area contributed by atoms with Crippen LogP contribution in [0.5, 0.6) is 0 Å². The van der Waals surface area contributed by atoms with Gasteiger partial charge < -0.3 is 19.3 Å². The Morgan fingerprint density at radius 3 is 2.69 bits per heavy atom. The van der Waals surface area contributed by atoms with Crippen molar-refractivity contribution in [2.45, 2.75) is 38.3 Å². The molecule has 3 atom stereocenters. The lowest BCUT2D eigenvalue weighted by atomic mass is 10.1. The van der Waals surface area contributed by atoms with Gasteiger partial charge in [-0.1, -0.05) is 0 Å². The predicted octanol–water partition coefficient (Wildman–Crippen LogP) is 1.21. The number of alkyl halides is 1. The summed E-state index contributed by atoms with van der Waals surface area (Å²) in [6, 6.07) is 0. The fraction of sp³-hybridized carbons (Fsp3) is 0.778. The van der Waals surface area contributed by atoms with Gasteiger partial charge in [0.2, 0.25) is 0 Å². The lowest BCUT2D eigenvalue weighted by molar-refractivity contribution is -0.0385. The molecule has 16 heavy (non-hydrogen) atoms. The average Bonchev–Trinajstić information content (AvgIpc) is 2.43. The Labute approximate surface area is 93.4 Å². The standard InChI is InChI=1S/C9H16FO5P/c1-6(2)15-9-7(10)5-14-8(9)3-4-16(11,12)13/h3-4,6-9H,5H2,1-2H3,(H2,11,12,13)/b4-3+/t7-,8+,9-/m0/s1. The molecule has 0 spiro atoms. The maximum absolute atomic E-state index is 13.3. The molecular weight excluding hydrogens is 238 g/mol. The van der Waals surface area contributed by atoms with E-state index in [1.165, 1.54) is 0 Å². The van der Waals surface area contributed by atoms with E-state index in [1.807, 2.05) is 0 Å². The maximum atomic E-state index is 13.3. The minimum absolute atomic E-state index is 0.118. The van der Waals surface area contributed by atoms with Gasteiger partial charge in [0.1, 0.15) is 12.2 Å². The van der Waals surface area contributed by atoms with Crippen molar-refractivity contribution in [2.24, 2.45) is 0 Å². The summed E-state index contributed by atoms with van der Waals surface area (Å²) in [5.41, 5.74) is 0. The van der Waals surface area contributed by atoms with Crippen molar-refractivity contribution < 1.29 is 28.2 Å². The highest BCUT2D eigenvalue weighted by molar-refractivity contribution is 7.55. The summed E-state index contributed by atoms with van der Waals surface area (Å²) < 4.78 is 34.3. The van der Waals surface area contributed by atoms with Crippen LogP contribution in [0.25, 0.3) is 0 Å². The molecule has 7 heteroatoms. The Morgan fingerprint density at radius 1 is 1.56 bits per heavy atom. The molecule has 0 aromatic rings. The van der Waals surface area contributed by atoms with E-state index in [9.17, 15) is 8.96 Å². The molecule has 1 saturated heterocycles. The molecule has 1 fully saturated rings. The van der Waals surface area contributed by atoms with Crippen molar-refractivity contribution in [3.8, 4) is 0 Å². The van der Waals surface area contributed by atoms with E-state index in [4.69, 9.17) is 19.3 Å². The minimum atomic E-state index is -4.24. The molecule has 5 nitrogen and oxygen atoms in total. The van der Waals surface area contributed by atoms with Crippen LogP contribution in [-0.4, -0.2) is 40.9 Å². The summed E-state index contributed by atoms with van der Waals surface area (Å²) >= 11 is 0. The van der Waals surface area contributed by atoms with Gasteiger partial charge >= 0.3 is 7.60 Å². The Morgan fingerprint density at radius 2 is 2.19 bits per heavy atom. The van der Waals surface area contributed by atoms with Crippen molar-refractivity contribution in [3.05, 3.63) is 11.9 Å². The lowest BCUT2D eigenvalue weighted by Gasteiger charge is -2.20. The van der Waals surface area contributed by atoms with Crippen LogP contribution in [0.4, 0.5) is 4.39 Å². The van der Waals surface area contributed by atoms with Crippen LogP contribution < -0.4 is 0 Å². The second-order valence-corrected chi connectivity index (χ2v) is 5.37. The molecular formula is C9H16FO5P. The average molecular weight is 254 g/mol. The van der Waals surface area contributed by atoms with Gasteiger partial charge in [-0.15, -0.1) is 0 Å². The maximum Gasteiger partial charge on any atom is 0.348 e. The van der Waals surface area contributed by atoms with Crippen LogP contribution in [0.3, 0.4) is 0 Å². The number of ether oxygens (including phenoxy) is 2. The van der Waals surface area contributed by atoms with Gasteiger partial charge in [-0.25, -0.2) is 4.39 Å². The van der Waals surface area contributed by atoms with Crippen molar-refractivity contribution in [1.29, 1.82) is 0 Å². The van der Waals surface area contributed by atoms with E-state index in [0.717, 1.165) is 6.08 Å². The third-order valence-corrected chi connectivity index (χ3v) is 2.59. The summed E-state index contributed by atoms with van der Waals surface area (Å²) in [4.78, 5) is 17.3. The zero-order valence-corrected chi connectivity index (χ0v) is 10.0. The van der Waals surface area contributed by atoms with Gasteiger partial charge in [0.25, 0.3) is 0 Å². The van der Waals surface area contributed by atoms with Crippen LogP contribution in [0.1, 0.15) is 13.8 Å². The highest BCUT2D eigenvalue weighted by Gasteiger charge is 2.37. The zero-order valence-electron chi connectivity index (χ0n) is 9.12. The first-order valence-corrected chi connectivity index (χ1v) is 6.63. The van der Waals surface area contributed by atoms with Gasteiger partial charge in [0.05, 0.1) is 12.7 Å². The molecule has 2 N–H and O–H groups in total. The normalized spacial score (nSPS) is 31.8. The molecule has 1 rings (SSSR count). The van der Waals surface area contributed by atoms with Crippen LogP contribution in [0, 0.1) is 0 Å². The van der Waals surface area contributed by atoms with Crippen LogP contribution in [-0.2, 0) is 14.0 Å². The van der Waals surface area contributed by atoms with Crippen molar-refractivity contribution in [3.63, 3.8) is 0 Å². The molecule has 1 aliphatic heterocycles. The van der Waals surface area contributed by atoms with Crippen molar-refractivity contribution >= 4 is 7.60 Å². The SMILES string of the molecule is CC(C)O[C@H]1[C@@H](F)CO[C@@H]1/C=C/P(=O)(O)O. The van der Waals surface area contributed by atoms with Crippen molar-refractivity contribution in [1.82, 2.24) is 0 Å². The first-order chi connectivity index (χ1) is 7.29. The highest BCUT2D eigenvalue weighted by Crippen LogP contribution is 2.37. The number of rotatable bonds is 4. The quantitative estimate of drug-likeness (QED) is 0.737. The fourth-order valence-corrected chi connectivity index (χ4v) is 1.83. The van der Waals surface area contributed by atoms with Crippen LogP contribution in [0.2, 0.25) is 0 Å². The number of hydrogen-bond acceptors (Lipinski definition) is 3.